The normalized spacial score (nSPS) is 11.0. The summed E-state index contributed by atoms with van der Waals surface area (Å²) in [5.74, 6) is -0.196. The van der Waals surface area contributed by atoms with E-state index < -0.39 is 0 Å². The molecule has 0 unspecified atom stereocenters. The molecule has 3 rings (SSSR count). The molecule has 1 aromatic carbocycles. The highest BCUT2D eigenvalue weighted by Gasteiger charge is 2.05. The van der Waals surface area contributed by atoms with Crippen molar-refractivity contribution in [3.8, 4) is 10.4 Å². The van der Waals surface area contributed by atoms with E-state index >= 15 is 0 Å². The third kappa shape index (κ3) is 4.12. The predicted octanol–water partition coefficient (Wildman–Crippen LogP) is 4.48. The van der Waals surface area contributed by atoms with Crippen LogP contribution in [0.15, 0.2) is 48.5 Å². The minimum atomic E-state index is -0.196. The molecule has 0 fully saturated rings. The van der Waals surface area contributed by atoms with E-state index in [0.717, 1.165) is 16.3 Å². The second-order valence-corrected chi connectivity index (χ2v) is 6.92. The molecular formula is C17H15N3OS2. The number of anilines is 1. The molecule has 0 atom stereocenters. The lowest BCUT2D eigenvalue weighted by atomic mass is 10.2. The lowest BCUT2D eigenvalue weighted by molar-refractivity contribution is -0.111. The molecule has 0 radical (unpaired) electrons. The summed E-state index contributed by atoms with van der Waals surface area (Å²) >= 11 is 3.05. The van der Waals surface area contributed by atoms with E-state index in [-0.39, 0.29) is 5.91 Å². The van der Waals surface area contributed by atoms with Crippen LogP contribution in [0.25, 0.3) is 16.5 Å². The molecule has 0 spiro atoms. The average molecular weight is 341 g/mol. The maximum atomic E-state index is 11.9. The summed E-state index contributed by atoms with van der Waals surface area (Å²) in [4.78, 5) is 14.1. The van der Waals surface area contributed by atoms with Gasteiger partial charge in [-0.15, -0.1) is 21.5 Å². The van der Waals surface area contributed by atoms with Crippen LogP contribution in [0.4, 0.5) is 5.13 Å². The highest BCUT2D eigenvalue weighted by Crippen LogP contribution is 2.28. The van der Waals surface area contributed by atoms with Gasteiger partial charge in [0.05, 0.1) is 0 Å². The Morgan fingerprint density at radius 1 is 1.13 bits per heavy atom. The number of aryl methyl sites for hydroxylation is 1. The number of carbonyl (C=O) groups excluding carboxylic acids is 1. The van der Waals surface area contributed by atoms with Crippen molar-refractivity contribution in [3.05, 3.63) is 58.4 Å². The molecule has 0 saturated carbocycles. The molecule has 4 nitrogen and oxygen atoms in total. The van der Waals surface area contributed by atoms with Gasteiger partial charge in [-0.2, -0.15) is 0 Å². The fraction of sp³-hybridized carbons (Fsp3) is 0.118. The van der Waals surface area contributed by atoms with Crippen molar-refractivity contribution in [1.29, 1.82) is 0 Å². The Bertz CT molecular complexity index is 821. The Kier molecular flexibility index (Phi) is 4.95. The van der Waals surface area contributed by atoms with Gasteiger partial charge < -0.3 is 0 Å². The highest BCUT2D eigenvalue weighted by molar-refractivity contribution is 7.16. The number of nitrogens with zero attached hydrogens (tertiary/aromatic N) is 2. The van der Waals surface area contributed by atoms with Crippen molar-refractivity contribution < 1.29 is 4.79 Å². The van der Waals surface area contributed by atoms with Crippen LogP contribution < -0.4 is 5.32 Å². The molecule has 3 aromatic rings. The molecule has 0 bridgehead atoms. The van der Waals surface area contributed by atoms with Gasteiger partial charge >= 0.3 is 0 Å². The van der Waals surface area contributed by atoms with Gasteiger partial charge in [0.15, 0.2) is 0 Å². The molecule has 0 aliphatic rings. The van der Waals surface area contributed by atoms with Gasteiger partial charge in [-0.05, 0) is 30.2 Å². The summed E-state index contributed by atoms with van der Waals surface area (Å²) in [6.45, 7) is 2.01. The Morgan fingerprint density at radius 2 is 1.96 bits per heavy atom. The van der Waals surface area contributed by atoms with E-state index in [1.54, 1.807) is 11.3 Å². The molecular weight excluding hydrogens is 326 g/mol. The summed E-state index contributed by atoms with van der Waals surface area (Å²) < 4.78 is 0. The predicted molar refractivity (Wildman–Crippen MR) is 96.7 cm³/mol. The summed E-state index contributed by atoms with van der Waals surface area (Å²) in [6.07, 6.45) is 4.16. The zero-order chi connectivity index (χ0) is 16.1. The number of amides is 1. The van der Waals surface area contributed by atoms with E-state index in [9.17, 15) is 4.79 Å². The van der Waals surface area contributed by atoms with E-state index in [2.05, 4.69) is 33.7 Å². The lowest BCUT2D eigenvalue weighted by Gasteiger charge is -1.95. The van der Waals surface area contributed by atoms with Crippen LogP contribution in [0.3, 0.4) is 0 Å². The lowest BCUT2D eigenvalue weighted by Crippen LogP contribution is -2.07. The summed E-state index contributed by atoms with van der Waals surface area (Å²) in [5, 5.41) is 12.1. The van der Waals surface area contributed by atoms with Crippen LogP contribution in [-0.2, 0) is 11.2 Å². The van der Waals surface area contributed by atoms with Crippen LogP contribution >= 0.6 is 22.7 Å². The number of thiophene rings is 1. The summed E-state index contributed by atoms with van der Waals surface area (Å²) in [7, 11) is 0. The topological polar surface area (TPSA) is 54.9 Å². The molecule has 116 valence electrons. The molecule has 6 heteroatoms. The second-order valence-electron chi connectivity index (χ2n) is 4.75. The van der Waals surface area contributed by atoms with Crippen molar-refractivity contribution >= 4 is 39.8 Å². The van der Waals surface area contributed by atoms with Crippen molar-refractivity contribution in [1.82, 2.24) is 10.2 Å². The molecule has 0 saturated heterocycles. The maximum Gasteiger partial charge on any atom is 0.250 e. The van der Waals surface area contributed by atoms with Crippen LogP contribution in [0.5, 0.6) is 0 Å². The molecule has 1 N–H and O–H groups in total. The first-order chi connectivity index (χ1) is 11.2. The Morgan fingerprint density at radius 3 is 2.70 bits per heavy atom. The molecule has 0 aliphatic carbocycles. The molecule has 1 amide bonds. The van der Waals surface area contributed by atoms with Crippen molar-refractivity contribution in [2.45, 2.75) is 13.3 Å². The zero-order valence-corrected chi connectivity index (χ0v) is 14.2. The SMILES string of the molecule is CCc1nnc(NC(=O)/C=C/c2ccc(-c3ccccc3)s2)s1. The first-order valence-electron chi connectivity index (χ1n) is 7.21. The number of carbonyl (C=O) groups is 1. The fourth-order valence-electron chi connectivity index (χ4n) is 1.95. The number of nitrogens with one attached hydrogen (secondary N) is 1. The van der Waals surface area contributed by atoms with Gasteiger partial charge in [-0.25, -0.2) is 0 Å². The van der Waals surface area contributed by atoms with Crippen molar-refractivity contribution in [3.63, 3.8) is 0 Å². The number of hydrogen-bond acceptors (Lipinski definition) is 5. The van der Waals surface area contributed by atoms with E-state index in [1.165, 1.54) is 27.9 Å². The van der Waals surface area contributed by atoms with Gasteiger partial charge in [0.25, 0.3) is 0 Å². The highest BCUT2D eigenvalue weighted by atomic mass is 32.1. The average Bonchev–Trinajstić information content (AvgIpc) is 3.23. The minimum Gasteiger partial charge on any atom is -0.297 e. The summed E-state index contributed by atoms with van der Waals surface area (Å²) in [6, 6.07) is 14.3. The molecule has 0 aliphatic heterocycles. The van der Waals surface area contributed by atoms with Crippen LogP contribution in [0, 0.1) is 0 Å². The maximum absolute atomic E-state index is 11.9. The van der Waals surface area contributed by atoms with Crippen LogP contribution in [0.2, 0.25) is 0 Å². The monoisotopic (exact) mass is 341 g/mol. The first-order valence-corrected chi connectivity index (χ1v) is 8.84. The standard InChI is InChI=1S/C17H15N3OS2/c1-2-16-19-20-17(23-16)18-15(21)11-9-13-8-10-14(22-13)12-6-4-3-5-7-12/h3-11H,2H2,1H3,(H,18,20,21)/b11-9+. The van der Waals surface area contributed by atoms with Gasteiger partial charge in [-0.3, -0.25) is 10.1 Å². The first kappa shape index (κ1) is 15.6. The van der Waals surface area contributed by atoms with E-state index in [1.807, 2.05) is 37.3 Å². The largest absolute Gasteiger partial charge is 0.297 e. The quantitative estimate of drug-likeness (QED) is 0.696. The van der Waals surface area contributed by atoms with Crippen molar-refractivity contribution in [2.75, 3.05) is 5.32 Å². The number of rotatable bonds is 5. The number of hydrogen-bond donors (Lipinski definition) is 1. The third-order valence-electron chi connectivity index (χ3n) is 3.08. The zero-order valence-electron chi connectivity index (χ0n) is 12.5. The third-order valence-corrected chi connectivity index (χ3v) is 5.17. The van der Waals surface area contributed by atoms with Gasteiger partial charge in [0.2, 0.25) is 11.0 Å². The summed E-state index contributed by atoms with van der Waals surface area (Å²) in [5.41, 5.74) is 1.18. The van der Waals surface area contributed by atoms with Gasteiger partial charge in [0, 0.05) is 15.8 Å². The number of aromatic nitrogens is 2. The second kappa shape index (κ2) is 7.30. The fourth-order valence-corrected chi connectivity index (χ4v) is 3.55. The van der Waals surface area contributed by atoms with Gasteiger partial charge in [-0.1, -0.05) is 48.6 Å². The van der Waals surface area contributed by atoms with E-state index in [4.69, 9.17) is 0 Å². The van der Waals surface area contributed by atoms with Crippen LogP contribution in [-0.4, -0.2) is 16.1 Å². The minimum absolute atomic E-state index is 0.196. The molecule has 2 aromatic heterocycles. The Labute approximate surface area is 142 Å². The smallest absolute Gasteiger partial charge is 0.250 e. The van der Waals surface area contributed by atoms with E-state index in [0.29, 0.717) is 5.13 Å². The number of benzene rings is 1. The van der Waals surface area contributed by atoms with Crippen molar-refractivity contribution in [2.24, 2.45) is 0 Å². The Balaban J connectivity index is 1.63. The molecule has 23 heavy (non-hydrogen) atoms. The van der Waals surface area contributed by atoms with Gasteiger partial charge in [0.1, 0.15) is 5.01 Å². The molecule has 2 heterocycles. The Hall–Kier alpha value is -2.31. The van der Waals surface area contributed by atoms with Crippen LogP contribution in [0.1, 0.15) is 16.8 Å².